The van der Waals surface area contributed by atoms with Crippen LogP contribution >= 0.6 is 0 Å². The smallest absolute Gasteiger partial charge is 0.314 e. The van der Waals surface area contributed by atoms with Crippen molar-refractivity contribution >= 4 is 17.6 Å². The first-order chi connectivity index (χ1) is 10.0. The number of carbonyl (C=O) groups excluding carboxylic acids is 1. The van der Waals surface area contributed by atoms with E-state index in [1.54, 1.807) is 24.3 Å². The van der Waals surface area contributed by atoms with Crippen LogP contribution < -0.4 is 11.1 Å². The molecule has 1 aromatic rings. The summed E-state index contributed by atoms with van der Waals surface area (Å²) in [5.41, 5.74) is 6.39. The first-order valence-electron chi connectivity index (χ1n) is 7.35. The molecule has 1 aliphatic carbocycles. The quantitative estimate of drug-likeness (QED) is 0.717. The SMILES string of the molecule is CCC(CN)CC(=O)Nc1ccc(C2(C(=O)O)CC2)cc1. The van der Waals surface area contributed by atoms with E-state index in [2.05, 4.69) is 5.32 Å². The maximum atomic E-state index is 11.9. The number of anilines is 1. The van der Waals surface area contributed by atoms with Crippen LogP contribution in [0.2, 0.25) is 0 Å². The Kier molecular flexibility index (Phi) is 4.63. The summed E-state index contributed by atoms with van der Waals surface area (Å²) in [6, 6.07) is 7.10. The van der Waals surface area contributed by atoms with Crippen molar-refractivity contribution in [2.75, 3.05) is 11.9 Å². The molecule has 0 bridgehead atoms. The second-order valence-corrected chi connectivity index (χ2v) is 5.73. The van der Waals surface area contributed by atoms with Crippen molar-refractivity contribution in [2.24, 2.45) is 11.7 Å². The Hall–Kier alpha value is -1.88. The van der Waals surface area contributed by atoms with E-state index in [0.717, 1.165) is 12.0 Å². The fraction of sp³-hybridized carbons (Fsp3) is 0.500. The third-order valence-corrected chi connectivity index (χ3v) is 4.27. The lowest BCUT2D eigenvalue weighted by atomic mass is 9.96. The molecule has 0 spiro atoms. The zero-order valence-electron chi connectivity index (χ0n) is 12.3. The van der Waals surface area contributed by atoms with Crippen LogP contribution in [0.5, 0.6) is 0 Å². The number of rotatable bonds is 7. The summed E-state index contributed by atoms with van der Waals surface area (Å²) in [5.74, 6) is -0.626. The highest BCUT2D eigenvalue weighted by Gasteiger charge is 2.51. The first-order valence-corrected chi connectivity index (χ1v) is 7.35. The van der Waals surface area contributed by atoms with E-state index in [1.807, 2.05) is 6.92 Å². The van der Waals surface area contributed by atoms with Crippen molar-refractivity contribution in [3.8, 4) is 0 Å². The van der Waals surface area contributed by atoms with Crippen LogP contribution in [0.1, 0.15) is 38.2 Å². The highest BCUT2D eigenvalue weighted by molar-refractivity contribution is 5.91. The number of hydrogen-bond acceptors (Lipinski definition) is 3. The zero-order valence-corrected chi connectivity index (χ0v) is 12.3. The summed E-state index contributed by atoms with van der Waals surface area (Å²) in [5, 5.41) is 12.1. The minimum absolute atomic E-state index is 0.0561. The van der Waals surface area contributed by atoms with Gasteiger partial charge in [0.25, 0.3) is 0 Å². The van der Waals surface area contributed by atoms with E-state index in [9.17, 15) is 14.7 Å². The second-order valence-electron chi connectivity index (χ2n) is 5.73. The highest BCUT2D eigenvalue weighted by atomic mass is 16.4. The maximum absolute atomic E-state index is 11.9. The van der Waals surface area contributed by atoms with Gasteiger partial charge in [-0.15, -0.1) is 0 Å². The van der Waals surface area contributed by atoms with Crippen molar-refractivity contribution in [1.29, 1.82) is 0 Å². The van der Waals surface area contributed by atoms with Gasteiger partial charge in [0.2, 0.25) is 5.91 Å². The third kappa shape index (κ3) is 3.42. The van der Waals surface area contributed by atoms with Crippen LogP contribution in [0.4, 0.5) is 5.69 Å². The van der Waals surface area contributed by atoms with Crippen LogP contribution in [0.25, 0.3) is 0 Å². The standard InChI is InChI=1S/C16H22N2O3/c1-2-11(10-17)9-14(19)18-13-5-3-12(4-6-13)16(7-8-16)15(20)21/h3-6,11H,2,7-10,17H2,1H3,(H,18,19)(H,20,21). The van der Waals surface area contributed by atoms with Gasteiger partial charge in [0.1, 0.15) is 0 Å². The predicted octanol–water partition coefficient (Wildman–Crippen LogP) is 2.12. The third-order valence-electron chi connectivity index (χ3n) is 4.27. The highest BCUT2D eigenvalue weighted by Crippen LogP contribution is 2.48. The molecule has 21 heavy (non-hydrogen) atoms. The number of benzene rings is 1. The molecule has 114 valence electrons. The molecule has 1 aliphatic rings. The fourth-order valence-corrected chi connectivity index (χ4v) is 2.49. The van der Waals surface area contributed by atoms with Gasteiger partial charge in [-0.05, 0) is 43.0 Å². The number of aliphatic carboxylic acids is 1. The molecule has 1 amide bonds. The number of carboxylic acid groups (broad SMARTS) is 1. The summed E-state index contributed by atoms with van der Waals surface area (Å²) >= 11 is 0. The molecule has 2 rings (SSSR count). The van der Waals surface area contributed by atoms with Crippen molar-refractivity contribution < 1.29 is 14.7 Å². The molecular weight excluding hydrogens is 268 g/mol. The summed E-state index contributed by atoms with van der Waals surface area (Å²) in [4.78, 5) is 23.1. The molecule has 0 saturated heterocycles. The van der Waals surface area contributed by atoms with Crippen molar-refractivity contribution in [3.05, 3.63) is 29.8 Å². The lowest BCUT2D eigenvalue weighted by Crippen LogP contribution is -2.22. The van der Waals surface area contributed by atoms with E-state index < -0.39 is 11.4 Å². The van der Waals surface area contributed by atoms with Crippen LogP contribution in [0, 0.1) is 5.92 Å². The molecule has 5 nitrogen and oxygen atoms in total. The van der Waals surface area contributed by atoms with Gasteiger partial charge < -0.3 is 16.2 Å². The first kappa shape index (κ1) is 15.5. The fourth-order valence-electron chi connectivity index (χ4n) is 2.49. The Morgan fingerprint density at radius 3 is 2.38 bits per heavy atom. The van der Waals surface area contributed by atoms with Gasteiger partial charge in [0.05, 0.1) is 5.41 Å². The Morgan fingerprint density at radius 1 is 1.33 bits per heavy atom. The number of amides is 1. The molecule has 1 fully saturated rings. The monoisotopic (exact) mass is 290 g/mol. The number of nitrogens with two attached hydrogens (primary N) is 1. The van der Waals surface area contributed by atoms with Crippen molar-refractivity contribution in [1.82, 2.24) is 0 Å². The molecule has 4 N–H and O–H groups in total. The molecule has 1 unspecified atom stereocenters. The second kappa shape index (κ2) is 6.26. The van der Waals surface area contributed by atoms with Crippen LogP contribution in [0.3, 0.4) is 0 Å². The number of carbonyl (C=O) groups is 2. The largest absolute Gasteiger partial charge is 0.481 e. The molecule has 0 heterocycles. The van der Waals surface area contributed by atoms with Crippen molar-refractivity contribution in [2.45, 2.75) is 38.0 Å². The minimum atomic E-state index is -0.770. The van der Waals surface area contributed by atoms with E-state index in [0.29, 0.717) is 31.5 Å². The van der Waals surface area contributed by atoms with Crippen LogP contribution in [0.15, 0.2) is 24.3 Å². The molecule has 0 aromatic heterocycles. The maximum Gasteiger partial charge on any atom is 0.314 e. The normalized spacial score (nSPS) is 17.0. The Morgan fingerprint density at radius 2 is 1.95 bits per heavy atom. The Labute approximate surface area is 124 Å². The minimum Gasteiger partial charge on any atom is -0.481 e. The number of nitrogens with one attached hydrogen (secondary N) is 1. The molecule has 0 radical (unpaired) electrons. The number of carboxylic acids is 1. The van der Waals surface area contributed by atoms with E-state index in [-0.39, 0.29) is 11.8 Å². The summed E-state index contributed by atoms with van der Waals surface area (Å²) < 4.78 is 0. The van der Waals surface area contributed by atoms with E-state index in [4.69, 9.17) is 5.73 Å². The van der Waals surface area contributed by atoms with E-state index >= 15 is 0 Å². The molecule has 1 aromatic carbocycles. The summed E-state index contributed by atoms with van der Waals surface area (Å²) in [6.07, 6.45) is 2.66. The van der Waals surface area contributed by atoms with E-state index in [1.165, 1.54) is 0 Å². The van der Waals surface area contributed by atoms with Crippen molar-refractivity contribution in [3.63, 3.8) is 0 Å². The summed E-state index contributed by atoms with van der Waals surface area (Å²) in [7, 11) is 0. The molecular formula is C16H22N2O3. The zero-order chi connectivity index (χ0) is 15.5. The molecule has 1 saturated carbocycles. The average Bonchev–Trinajstić information content (AvgIpc) is 3.27. The van der Waals surface area contributed by atoms with Gasteiger partial charge in [-0.25, -0.2) is 0 Å². The number of hydrogen-bond donors (Lipinski definition) is 3. The van der Waals surface area contributed by atoms with Gasteiger partial charge in [-0.2, -0.15) is 0 Å². The van der Waals surface area contributed by atoms with Crippen LogP contribution in [-0.4, -0.2) is 23.5 Å². The molecule has 1 atom stereocenters. The lowest BCUT2D eigenvalue weighted by Gasteiger charge is -2.13. The Balaban J connectivity index is 1.97. The molecule has 5 heteroatoms. The summed E-state index contributed by atoms with van der Waals surface area (Å²) in [6.45, 7) is 2.52. The topological polar surface area (TPSA) is 92.4 Å². The lowest BCUT2D eigenvalue weighted by molar-refractivity contribution is -0.140. The van der Waals surface area contributed by atoms with Gasteiger partial charge in [-0.3, -0.25) is 9.59 Å². The predicted molar refractivity (Wildman–Crippen MR) is 81.1 cm³/mol. The van der Waals surface area contributed by atoms with Gasteiger partial charge in [0, 0.05) is 12.1 Å². The van der Waals surface area contributed by atoms with Gasteiger partial charge >= 0.3 is 5.97 Å². The van der Waals surface area contributed by atoms with Gasteiger partial charge in [0.15, 0.2) is 0 Å². The van der Waals surface area contributed by atoms with Crippen LogP contribution in [-0.2, 0) is 15.0 Å². The van der Waals surface area contributed by atoms with Gasteiger partial charge in [-0.1, -0.05) is 25.5 Å². The molecule has 0 aliphatic heterocycles. The Bertz CT molecular complexity index is 517. The average molecular weight is 290 g/mol.